The van der Waals surface area contributed by atoms with Gasteiger partial charge in [-0.1, -0.05) is 149 Å². The van der Waals surface area contributed by atoms with Crippen LogP contribution in [0.5, 0.6) is 11.5 Å². The summed E-state index contributed by atoms with van der Waals surface area (Å²) in [7, 11) is 0.840. The molecule has 0 spiro atoms. The van der Waals surface area contributed by atoms with Gasteiger partial charge in [-0.2, -0.15) is 0 Å². The molecule has 0 saturated heterocycles. The standard InChI is InChI=1S/C63H47B3N4O/c1-40-32-57-62-58(33-40)69(46-25-12-6-13-26-46)55-39-56-52(38-51(55)65(62)50-30-18-19-31-54(50)68(57)45-23-10-5-11-24-45)66-53-37-49(64-48-29-17-16-20-41(48)2)42(3)34-60(53)71-61-36-44(67-43-21-8-4-9-22-43)35-59(63(61)66)70(56)47-27-14-7-15-28-47/h4-39,64,67H,1-3H3. The number of fused-ring (bicyclic) bond motifs is 8. The molecule has 10 aromatic rings. The van der Waals surface area contributed by atoms with E-state index >= 15 is 0 Å². The van der Waals surface area contributed by atoms with Crippen molar-refractivity contribution in [2.45, 2.75) is 20.8 Å². The Morgan fingerprint density at radius 2 is 0.901 bits per heavy atom. The molecule has 4 aliphatic rings. The van der Waals surface area contributed by atoms with Gasteiger partial charge in [-0.25, -0.2) is 0 Å². The largest absolute Gasteiger partial charge is 0.458 e. The summed E-state index contributed by atoms with van der Waals surface area (Å²) in [5.74, 6) is 1.77. The Morgan fingerprint density at radius 3 is 1.54 bits per heavy atom. The van der Waals surface area contributed by atoms with Crippen LogP contribution in [0.15, 0.2) is 218 Å². The van der Waals surface area contributed by atoms with Crippen molar-refractivity contribution in [1.82, 2.24) is 0 Å². The zero-order valence-electron chi connectivity index (χ0n) is 39.9. The van der Waals surface area contributed by atoms with Crippen molar-refractivity contribution >= 4 is 127 Å². The zero-order chi connectivity index (χ0) is 47.3. The summed E-state index contributed by atoms with van der Waals surface area (Å²) >= 11 is 0. The van der Waals surface area contributed by atoms with Gasteiger partial charge >= 0.3 is 0 Å². The van der Waals surface area contributed by atoms with E-state index in [0.29, 0.717) is 0 Å². The first-order valence-corrected chi connectivity index (χ1v) is 24.8. The number of para-hydroxylation sites is 5. The smallest absolute Gasteiger partial charge is 0.256 e. The van der Waals surface area contributed by atoms with Gasteiger partial charge in [0.15, 0.2) is 7.28 Å². The molecule has 14 rings (SSSR count). The van der Waals surface area contributed by atoms with E-state index in [9.17, 15) is 0 Å². The van der Waals surface area contributed by atoms with Crippen molar-refractivity contribution in [3.8, 4) is 11.5 Å². The molecule has 0 bridgehead atoms. The minimum absolute atomic E-state index is 0.0468. The fourth-order valence-corrected chi connectivity index (χ4v) is 12.0. The Balaban J connectivity index is 1.08. The lowest BCUT2D eigenvalue weighted by Gasteiger charge is -2.46. The van der Waals surface area contributed by atoms with Crippen molar-refractivity contribution in [2.75, 3.05) is 20.0 Å². The minimum Gasteiger partial charge on any atom is -0.458 e. The topological polar surface area (TPSA) is 31.0 Å². The molecule has 0 aromatic heterocycles. The Kier molecular flexibility index (Phi) is 9.47. The Bertz CT molecular complexity index is 3760. The maximum Gasteiger partial charge on any atom is 0.256 e. The number of nitrogens with one attached hydrogen (secondary N) is 1. The van der Waals surface area contributed by atoms with Crippen molar-refractivity contribution in [1.29, 1.82) is 0 Å². The molecule has 0 saturated carbocycles. The van der Waals surface area contributed by atoms with Crippen LogP contribution >= 0.6 is 0 Å². The van der Waals surface area contributed by atoms with E-state index in [0.717, 1.165) is 58.6 Å². The van der Waals surface area contributed by atoms with Crippen LogP contribution in [-0.4, -0.2) is 20.7 Å². The molecule has 4 heterocycles. The van der Waals surface area contributed by atoms with Gasteiger partial charge in [0.05, 0.1) is 0 Å². The van der Waals surface area contributed by atoms with E-state index in [1.165, 1.54) is 83.1 Å². The number of ether oxygens (including phenoxy) is 1. The molecule has 0 atom stereocenters. The first kappa shape index (κ1) is 41.4. The first-order chi connectivity index (χ1) is 34.9. The minimum atomic E-state index is -0.130. The van der Waals surface area contributed by atoms with Crippen LogP contribution in [0.1, 0.15) is 16.7 Å². The second-order valence-corrected chi connectivity index (χ2v) is 19.5. The lowest BCUT2D eigenvalue weighted by molar-refractivity contribution is 0.487. The number of rotatable bonds is 7. The van der Waals surface area contributed by atoms with E-state index in [2.05, 4.69) is 259 Å². The molecular formula is C63H47B3N4O. The highest BCUT2D eigenvalue weighted by atomic mass is 16.5. The fourth-order valence-electron chi connectivity index (χ4n) is 12.0. The molecule has 1 N–H and O–H groups in total. The van der Waals surface area contributed by atoms with Gasteiger partial charge in [0.25, 0.3) is 13.4 Å². The van der Waals surface area contributed by atoms with Crippen LogP contribution in [0, 0.1) is 20.8 Å². The summed E-state index contributed by atoms with van der Waals surface area (Å²) < 4.78 is 7.24. The highest BCUT2D eigenvalue weighted by Crippen LogP contribution is 2.48. The average molecular weight is 909 g/mol. The molecule has 0 fully saturated rings. The van der Waals surface area contributed by atoms with Crippen LogP contribution in [0.25, 0.3) is 0 Å². The molecule has 10 aromatic carbocycles. The summed E-state index contributed by atoms with van der Waals surface area (Å²) in [6, 6.07) is 80.2. The third-order valence-corrected chi connectivity index (χ3v) is 15.2. The van der Waals surface area contributed by atoms with Crippen molar-refractivity contribution < 1.29 is 4.74 Å². The van der Waals surface area contributed by atoms with Crippen molar-refractivity contribution in [3.05, 3.63) is 235 Å². The van der Waals surface area contributed by atoms with Crippen LogP contribution in [0.4, 0.5) is 62.6 Å². The van der Waals surface area contributed by atoms with Gasteiger partial charge in [-0.05, 0) is 144 Å². The molecule has 8 heteroatoms. The highest BCUT2D eigenvalue weighted by molar-refractivity contribution is 7.02. The molecule has 0 amide bonds. The lowest BCUT2D eigenvalue weighted by Crippen LogP contribution is -2.65. The Hall–Kier alpha value is -8.61. The third-order valence-electron chi connectivity index (χ3n) is 15.2. The number of hydrogen-bond acceptors (Lipinski definition) is 5. The van der Waals surface area contributed by atoms with E-state index < -0.39 is 0 Å². The number of nitrogens with zero attached hydrogens (tertiary/aromatic N) is 3. The number of benzene rings is 10. The predicted octanol–water partition coefficient (Wildman–Crippen LogP) is 10.2. The number of aryl methyl sites for hydroxylation is 3. The van der Waals surface area contributed by atoms with Crippen molar-refractivity contribution in [2.24, 2.45) is 0 Å². The van der Waals surface area contributed by atoms with E-state index in [1.54, 1.807) is 0 Å². The van der Waals surface area contributed by atoms with Gasteiger partial charge in [0.2, 0.25) is 0 Å². The second-order valence-electron chi connectivity index (χ2n) is 19.5. The van der Waals surface area contributed by atoms with Gasteiger partial charge in [-0.15, -0.1) is 0 Å². The Labute approximate surface area is 417 Å². The molecule has 0 unspecified atom stereocenters. The normalized spacial score (nSPS) is 13.3. The van der Waals surface area contributed by atoms with Crippen LogP contribution in [0.2, 0.25) is 0 Å². The molecule has 4 aliphatic heterocycles. The molecule has 0 radical (unpaired) electrons. The number of anilines is 11. The van der Waals surface area contributed by atoms with Crippen LogP contribution in [-0.2, 0) is 0 Å². The average Bonchev–Trinajstić information content (AvgIpc) is 3.40. The first-order valence-electron chi connectivity index (χ1n) is 24.8. The fraction of sp³-hybridized carbons (Fsp3) is 0.0476. The lowest BCUT2D eigenvalue weighted by atomic mass is 9.30. The monoisotopic (exact) mass is 908 g/mol. The Morgan fingerprint density at radius 1 is 0.366 bits per heavy atom. The van der Waals surface area contributed by atoms with Gasteiger partial charge in [-0.3, -0.25) is 0 Å². The van der Waals surface area contributed by atoms with Gasteiger partial charge in [0.1, 0.15) is 11.5 Å². The van der Waals surface area contributed by atoms with E-state index in [1.807, 2.05) is 0 Å². The zero-order valence-corrected chi connectivity index (χ0v) is 39.9. The molecule has 334 valence electrons. The highest BCUT2D eigenvalue weighted by Gasteiger charge is 2.48. The maximum atomic E-state index is 7.24. The summed E-state index contributed by atoms with van der Waals surface area (Å²) in [5.41, 5.74) is 26.3. The molecular weight excluding hydrogens is 861 g/mol. The van der Waals surface area contributed by atoms with E-state index in [4.69, 9.17) is 4.74 Å². The third kappa shape index (κ3) is 6.58. The van der Waals surface area contributed by atoms with Crippen LogP contribution < -0.4 is 68.5 Å². The van der Waals surface area contributed by atoms with Crippen LogP contribution in [0.3, 0.4) is 0 Å². The summed E-state index contributed by atoms with van der Waals surface area (Å²) in [4.78, 5) is 7.51. The SMILES string of the molecule is Cc1cc2c3c(c1)N(c1ccccc1)c1cc4c(cc1B3c1ccccc1N2c1ccccc1)B1c2cc(Bc3ccccc3C)c(C)cc2Oc2cc(Nc3ccccc3)cc(c21)N4c1ccccc1. The predicted molar refractivity (Wildman–Crippen MR) is 303 cm³/mol. The quantitative estimate of drug-likeness (QED) is 0.161. The second kappa shape index (κ2) is 16.2. The molecule has 0 aliphatic carbocycles. The molecule has 71 heavy (non-hydrogen) atoms. The number of hydrogen-bond donors (Lipinski definition) is 1. The summed E-state index contributed by atoms with van der Waals surface area (Å²) in [6.07, 6.45) is 0. The van der Waals surface area contributed by atoms with Gasteiger partial charge in [0, 0.05) is 68.6 Å². The summed E-state index contributed by atoms with van der Waals surface area (Å²) in [5, 5.41) is 3.77. The van der Waals surface area contributed by atoms with Crippen molar-refractivity contribution in [3.63, 3.8) is 0 Å². The maximum absolute atomic E-state index is 7.24. The van der Waals surface area contributed by atoms with E-state index in [-0.39, 0.29) is 13.4 Å². The molecule has 5 nitrogen and oxygen atoms in total. The van der Waals surface area contributed by atoms with Gasteiger partial charge < -0.3 is 24.8 Å². The summed E-state index contributed by atoms with van der Waals surface area (Å²) in [6.45, 7) is 6.53.